The fourth-order valence-electron chi connectivity index (χ4n) is 2.37. The Morgan fingerprint density at radius 2 is 2.20 bits per heavy atom. The van der Waals surface area contributed by atoms with Gasteiger partial charge in [-0.3, -0.25) is 0 Å². The molecule has 0 aliphatic heterocycles. The predicted octanol–water partition coefficient (Wildman–Crippen LogP) is 2.68. The first-order valence-electron chi connectivity index (χ1n) is 7.54. The van der Waals surface area contributed by atoms with Gasteiger partial charge in [0.15, 0.2) is 5.82 Å². The van der Waals surface area contributed by atoms with Crippen molar-refractivity contribution >= 4 is 11.6 Å². The third-order valence-electron chi connectivity index (χ3n) is 3.74. The standard InChI is InChI=1S/C15H26N4O/c1-4-8-16-13-9-15(18-14(17-13)11-20-3)19(2)10-12-6-5-7-12/h9,12H,4-8,10-11H2,1-3H3,(H,16,17,18). The van der Waals surface area contributed by atoms with Crippen LogP contribution in [0.2, 0.25) is 0 Å². The van der Waals surface area contributed by atoms with E-state index in [0.29, 0.717) is 6.61 Å². The van der Waals surface area contributed by atoms with Gasteiger partial charge in [0.05, 0.1) is 0 Å². The summed E-state index contributed by atoms with van der Waals surface area (Å²) in [6.45, 7) is 4.60. The quantitative estimate of drug-likeness (QED) is 0.792. The molecule has 0 spiro atoms. The monoisotopic (exact) mass is 278 g/mol. The van der Waals surface area contributed by atoms with Gasteiger partial charge in [0.1, 0.15) is 18.2 Å². The Morgan fingerprint density at radius 1 is 1.40 bits per heavy atom. The van der Waals surface area contributed by atoms with Crippen LogP contribution < -0.4 is 10.2 Å². The van der Waals surface area contributed by atoms with Crippen LogP contribution in [0, 0.1) is 5.92 Å². The van der Waals surface area contributed by atoms with Crippen LogP contribution in [0.15, 0.2) is 6.07 Å². The van der Waals surface area contributed by atoms with Crippen molar-refractivity contribution in [2.24, 2.45) is 5.92 Å². The molecule has 2 rings (SSSR count). The minimum atomic E-state index is 0.450. The molecule has 0 aromatic carbocycles. The minimum Gasteiger partial charge on any atom is -0.377 e. The summed E-state index contributed by atoms with van der Waals surface area (Å²) in [5.74, 6) is 3.44. The zero-order valence-electron chi connectivity index (χ0n) is 12.9. The van der Waals surface area contributed by atoms with Crippen LogP contribution in [0.25, 0.3) is 0 Å². The van der Waals surface area contributed by atoms with Crippen molar-refractivity contribution in [1.29, 1.82) is 0 Å². The largest absolute Gasteiger partial charge is 0.377 e. The van der Waals surface area contributed by atoms with Gasteiger partial charge in [-0.15, -0.1) is 0 Å². The van der Waals surface area contributed by atoms with E-state index in [9.17, 15) is 0 Å². The van der Waals surface area contributed by atoms with E-state index in [2.05, 4.69) is 34.2 Å². The van der Waals surface area contributed by atoms with Crippen LogP contribution in [0.3, 0.4) is 0 Å². The summed E-state index contributed by atoms with van der Waals surface area (Å²) in [5.41, 5.74) is 0. The lowest BCUT2D eigenvalue weighted by atomic mass is 9.85. The van der Waals surface area contributed by atoms with E-state index in [0.717, 1.165) is 42.9 Å². The maximum absolute atomic E-state index is 5.16. The lowest BCUT2D eigenvalue weighted by molar-refractivity contribution is 0.178. The van der Waals surface area contributed by atoms with Gasteiger partial charge in [0, 0.05) is 33.3 Å². The Labute approximate surface area is 121 Å². The molecule has 0 saturated heterocycles. The number of methoxy groups -OCH3 is 1. The van der Waals surface area contributed by atoms with Gasteiger partial charge < -0.3 is 15.0 Å². The third-order valence-corrected chi connectivity index (χ3v) is 3.74. The number of anilines is 2. The molecule has 1 saturated carbocycles. The van der Waals surface area contributed by atoms with Crippen molar-refractivity contribution in [3.8, 4) is 0 Å². The Morgan fingerprint density at radius 3 is 2.80 bits per heavy atom. The molecule has 1 N–H and O–H groups in total. The molecule has 1 fully saturated rings. The highest BCUT2D eigenvalue weighted by Gasteiger charge is 2.20. The van der Waals surface area contributed by atoms with Gasteiger partial charge in [-0.2, -0.15) is 0 Å². The first kappa shape index (κ1) is 15.0. The van der Waals surface area contributed by atoms with Crippen molar-refractivity contribution < 1.29 is 4.74 Å². The number of hydrogen-bond acceptors (Lipinski definition) is 5. The van der Waals surface area contributed by atoms with Crippen molar-refractivity contribution in [3.63, 3.8) is 0 Å². The smallest absolute Gasteiger partial charge is 0.158 e. The van der Waals surface area contributed by atoms with Gasteiger partial charge in [-0.1, -0.05) is 13.3 Å². The molecule has 0 unspecified atom stereocenters. The molecule has 20 heavy (non-hydrogen) atoms. The predicted molar refractivity (Wildman–Crippen MR) is 82.1 cm³/mol. The fourth-order valence-corrected chi connectivity index (χ4v) is 2.37. The molecule has 112 valence electrons. The normalized spacial score (nSPS) is 14.9. The van der Waals surface area contributed by atoms with Crippen LogP contribution in [-0.2, 0) is 11.3 Å². The highest BCUT2D eigenvalue weighted by atomic mass is 16.5. The summed E-state index contributed by atoms with van der Waals surface area (Å²) in [4.78, 5) is 11.3. The second-order valence-electron chi connectivity index (χ2n) is 5.56. The highest BCUT2D eigenvalue weighted by Crippen LogP contribution is 2.28. The molecule has 5 heteroatoms. The van der Waals surface area contributed by atoms with Crippen LogP contribution >= 0.6 is 0 Å². The van der Waals surface area contributed by atoms with Gasteiger partial charge in [0.25, 0.3) is 0 Å². The van der Waals surface area contributed by atoms with E-state index in [1.54, 1.807) is 7.11 Å². The van der Waals surface area contributed by atoms with E-state index in [1.165, 1.54) is 19.3 Å². The van der Waals surface area contributed by atoms with Gasteiger partial charge in [-0.05, 0) is 25.2 Å². The maximum Gasteiger partial charge on any atom is 0.158 e. The summed E-state index contributed by atoms with van der Waals surface area (Å²) in [6.07, 6.45) is 5.15. The summed E-state index contributed by atoms with van der Waals surface area (Å²) in [7, 11) is 3.79. The zero-order chi connectivity index (χ0) is 14.4. The lowest BCUT2D eigenvalue weighted by Crippen LogP contribution is -2.30. The average Bonchev–Trinajstić information content (AvgIpc) is 2.40. The van der Waals surface area contributed by atoms with Crippen LogP contribution in [-0.4, -0.2) is 37.2 Å². The Bertz CT molecular complexity index is 420. The molecule has 0 atom stereocenters. The van der Waals surface area contributed by atoms with Crippen LogP contribution in [0.1, 0.15) is 38.4 Å². The fraction of sp³-hybridized carbons (Fsp3) is 0.733. The SMILES string of the molecule is CCCNc1cc(N(C)CC2CCC2)nc(COC)n1. The first-order valence-corrected chi connectivity index (χ1v) is 7.54. The number of nitrogens with one attached hydrogen (secondary N) is 1. The molecule has 5 nitrogen and oxygen atoms in total. The molecule has 1 aliphatic rings. The summed E-state index contributed by atoms with van der Waals surface area (Å²) in [5, 5.41) is 3.34. The Kier molecular flexibility index (Phi) is 5.59. The topological polar surface area (TPSA) is 50.3 Å². The molecular weight excluding hydrogens is 252 g/mol. The minimum absolute atomic E-state index is 0.450. The molecule has 0 radical (unpaired) electrons. The van der Waals surface area contributed by atoms with E-state index in [1.807, 2.05) is 6.07 Å². The number of aromatic nitrogens is 2. The summed E-state index contributed by atoms with van der Waals surface area (Å²) >= 11 is 0. The van der Waals surface area contributed by atoms with Gasteiger partial charge in [-0.25, -0.2) is 9.97 Å². The second-order valence-corrected chi connectivity index (χ2v) is 5.56. The third kappa shape index (κ3) is 4.07. The molecule has 0 bridgehead atoms. The molecular formula is C15H26N4O. The van der Waals surface area contributed by atoms with Crippen molar-refractivity contribution in [2.75, 3.05) is 37.5 Å². The summed E-state index contributed by atoms with van der Waals surface area (Å²) < 4.78 is 5.16. The molecule has 1 aromatic heterocycles. The lowest BCUT2D eigenvalue weighted by Gasteiger charge is -2.31. The molecule has 1 heterocycles. The number of ether oxygens (including phenoxy) is 1. The second kappa shape index (κ2) is 7.43. The molecule has 1 aliphatic carbocycles. The highest BCUT2D eigenvalue weighted by molar-refractivity contribution is 5.49. The summed E-state index contributed by atoms with van der Waals surface area (Å²) in [6, 6.07) is 2.04. The molecule has 0 amide bonds. The molecule has 1 aromatic rings. The van der Waals surface area contributed by atoms with E-state index >= 15 is 0 Å². The number of rotatable bonds is 8. The van der Waals surface area contributed by atoms with Crippen LogP contribution in [0.4, 0.5) is 11.6 Å². The van der Waals surface area contributed by atoms with Crippen molar-refractivity contribution in [1.82, 2.24) is 9.97 Å². The Balaban J connectivity index is 2.09. The van der Waals surface area contributed by atoms with E-state index < -0.39 is 0 Å². The average molecular weight is 278 g/mol. The van der Waals surface area contributed by atoms with E-state index in [-0.39, 0.29) is 0 Å². The van der Waals surface area contributed by atoms with Crippen LogP contribution in [0.5, 0.6) is 0 Å². The number of nitrogens with zero attached hydrogens (tertiary/aromatic N) is 3. The van der Waals surface area contributed by atoms with E-state index in [4.69, 9.17) is 4.74 Å². The zero-order valence-corrected chi connectivity index (χ0v) is 12.9. The first-order chi connectivity index (χ1) is 9.72. The maximum atomic E-state index is 5.16. The van der Waals surface area contributed by atoms with Crippen molar-refractivity contribution in [2.45, 2.75) is 39.2 Å². The number of hydrogen-bond donors (Lipinski definition) is 1. The van der Waals surface area contributed by atoms with Gasteiger partial charge in [0.2, 0.25) is 0 Å². The Hall–Kier alpha value is -1.36. The van der Waals surface area contributed by atoms with Gasteiger partial charge >= 0.3 is 0 Å². The van der Waals surface area contributed by atoms with Crippen molar-refractivity contribution in [3.05, 3.63) is 11.9 Å².